The molecule has 0 unspecified atom stereocenters. The zero-order chi connectivity index (χ0) is 40.4. The summed E-state index contributed by atoms with van der Waals surface area (Å²) in [5.41, 5.74) is -3.65. The monoisotopic (exact) mass is 838 g/mol. The first kappa shape index (κ1) is 38.6. The van der Waals surface area contributed by atoms with Gasteiger partial charge in [-0.2, -0.15) is 18.2 Å². The Morgan fingerprint density at radius 3 is 2.11 bits per heavy atom. The van der Waals surface area contributed by atoms with E-state index in [-0.39, 0.29) is 33.2 Å². The minimum Gasteiger partial charge on any atom is -0.508 e. The molecule has 4 amide bonds. The first-order valence-electron chi connectivity index (χ1n) is 15.8. The third-order valence-electron chi connectivity index (χ3n) is 10.5. The Hall–Kier alpha value is -4.68. The highest BCUT2D eigenvalue weighted by Crippen LogP contribution is 2.67. The molecule has 3 heterocycles. The van der Waals surface area contributed by atoms with Gasteiger partial charge in [0, 0.05) is 24.6 Å². The number of carbonyl (C=O) groups is 4. The Labute approximate surface area is 318 Å². The maximum absolute atomic E-state index is 15.3. The number of amides is 4. The van der Waals surface area contributed by atoms with Crippen molar-refractivity contribution in [2.75, 3.05) is 24.1 Å². The molecule has 3 aromatic rings. The van der Waals surface area contributed by atoms with Crippen LogP contribution in [0.4, 0.5) is 46.6 Å². The number of alkyl halides is 5. The molecule has 21 heteroatoms. The van der Waals surface area contributed by atoms with Gasteiger partial charge in [-0.3, -0.25) is 24.2 Å². The molecule has 4 aliphatic rings. The predicted molar refractivity (Wildman–Crippen MR) is 176 cm³/mol. The molecule has 6 atom stereocenters. The lowest BCUT2D eigenvalue weighted by molar-refractivity contribution is -0.141. The van der Waals surface area contributed by atoms with Gasteiger partial charge in [0.05, 0.1) is 24.0 Å². The van der Waals surface area contributed by atoms with E-state index in [0.29, 0.717) is 16.1 Å². The van der Waals surface area contributed by atoms with Crippen LogP contribution in [0.25, 0.3) is 0 Å². The third-order valence-corrected chi connectivity index (χ3v) is 12.2. The fourth-order valence-corrected chi connectivity index (χ4v) is 9.15. The standard InChI is InChI=1S/C34H21Cl3F8N4O6/c1-47(27-16(35)7-8-18(46-27)34(43,44)45)49-28(51)14-6-5-12-15(19(14)29(49)52)10-32(36)30(53)48(26-24(41)22(39)21(38)23(40)25(26)42)31(54)33(32,37)20(12)13-4-3-11(55-2)9-17(13)50/h3-5,7-9,14-15,19-20,50H,6,10H2,1-2H3/t14-,15+,19-,20+,32+,33-/m0/s1. The van der Waals surface area contributed by atoms with Gasteiger partial charge >= 0.3 is 6.18 Å². The molecule has 10 nitrogen and oxygen atoms in total. The van der Waals surface area contributed by atoms with Gasteiger partial charge in [0.2, 0.25) is 5.82 Å². The molecule has 2 saturated heterocycles. The van der Waals surface area contributed by atoms with E-state index in [1.54, 1.807) is 0 Å². The second kappa shape index (κ2) is 12.7. The van der Waals surface area contributed by atoms with Crippen LogP contribution in [0.15, 0.2) is 42.0 Å². The molecule has 2 aromatic carbocycles. The molecule has 1 saturated carbocycles. The molecule has 1 aromatic heterocycles. The zero-order valence-electron chi connectivity index (χ0n) is 27.6. The summed E-state index contributed by atoms with van der Waals surface area (Å²) in [6, 6.07) is 4.98. The van der Waals surface area contributed by atoms with Gasteiger partial charge in [-0.05, 0) is 37.0 Å². The van der Waals surface area contributed by atoms with Crippen LogP contribution in [0, 0.1) is 46.8 Å². The molecule has 1 N–H and O–H groups in total. The molecule has 3 fully saturated rings. The number of halogens is 11. The third kappa shape index (κ3) is 5.16. The minimum absolute atomic E-state index is 0.00859. The topological polar surface area (TPSA) is 120 Å². The summed E-state index contributed by atoms with van der Waals surface area (Å²) < 4.78 is 119. The van der Waals surface area contributed by atoms with E-state index in [9.17, 15) is 50.6 Å². The largest absolute Gasteiger partial charge is 0.508 e. The number of imide groups is 2. The Kier molecular flexibility index (Phi) is 8.89. The Morgan fingerprint density at radius 1 is 0.909 bits per heavy atom. The predicted octanol–water partition coefficient (Wildman–Crippen LogP) is 6.78. The number of hydrogen-bond acceptors (Lipinski definition) is 8. The molecular formula is C34H21Cl3F8N4O6. The van der Waals surface area contributed by atoms with Gasteiger partial charge in [0.25, 0.3) is 23.6 Å². The van der Waals surface area contributed by atoms with Crippen molar-refractivity contribution in [2.24, 2.45) is 17.8 Å². The number of hydrazine groups is 1. The molecular weight excluding hydrogens is 819 g/mol. The number of carbonyl (C=O) groups excluding carboxylic acids is 4. The van der Waals surface area contributed by atoms with Gasteiger partial charge in [-0.1, -0.05) is 29.3 Å². The van der Waals surface area contributed by atoms with E-state index >= 15 is 8.78 Å². The molecule has 7 rings (SSSR count). The molecule has 0 spiro atoms. The summed E-state index contributed by atoms with van der Waals surface area (Å²) in [7, 11) is 2.29. The quantitative estimate of drug-likeness (QED) is 0.0747. The van der Waals surface area contributed by atoms with Crippen molar-refractivity contribution >= 4 is 69.9 Å². The minimum atomic E-state index is -4.95. The van der Waals surface area contributed by atoms with E-state index in [4.69, 9.17) is 39.5 Å². The first-order chi connectivity index (χ1) is 25.6. The number of ether oxygens (including phenoxy) is 1. The number of benzene rings is 2. The SMILES string of the molecule is COc1ccc([C@H]2C3=CC[C@@H]4C(=O)N(N(C)c5nc(C(F)(F)F)ccc5Cl)C(=O)[C@@H]4[C@@H]3C[C@@]3(Cl)C(=O)N(c4c(F)c(F)c(F)c(F)c4F)C(=O)[C@@]23Cl)c(O)c1. The van der Waals surface area contributed by atoms with Crippen LogP contribution >= 0.6 is 34.8 Å². The number of fused-ring (bicyclic) bond motifs is 4. The van der Waals surface area contributed by atoms with Crippen LogP contribution < -0.4 is 14.6 Å². The summed E-state index contributed by atoms with van der Waals surface area (Å²) >= 11 is 20.3. The number of aromatic hydroxyl groups is 1. The number of rotatable bonds is 5. The molecule has 0 bridgehead atoms. The highest BCUT2D eigenvalue weighted by Gasteiger charge is 2.77. The maximum Gasteiger partial charge on any atom is 0.433 e. The number of anilines is 2. The summed E-state index contributed by atoms with van der Waals surface area (Å²) in [5, 5.41) is 12.0. The van der Waals surface area contributed by atoms with E-state index in [0.717, 1.165) is 19.2 Å². The average Bonchev–Trinajstić information content (AvgIpc) is 3.47. The Bertz CT molecular complexity index is 2270. The number of hydrogen-bond donors (Lipinski definition) is 1. The highest BCUT2D eigenvalue weighted by molar-refractivity contribution is 6.58. The van der Waals surface area contributed by atoms with Gasteiger partial charge < -0.3 is 9.84 Å². The Morgan fingerprint density at radius 2 is 1.53 bits per heavy atom. The molecule has 2 aliphatic heterocycles. The number of aromatic nitrogens is 1. The van der Waals surface area contributed by atoms with Crippen LogP contribution in [0.1, 0.15) is 30.0 Å². The number of allylic oxidation sites excluding steroid dienone is 2. The van der Waals surface area contributed by atoms with Gasteiger partial charge in [-0.25, -0.2) is 31.8 Å². The Balaban J connectivity index is 1.39. The summed E-state index contributed by atoms with van der Waals surface area (Å²) in [4.78, 5) is 54.3. The second-order valence-electron chi connectivity index (χ2n) is 13.1. The number of nitrogens with zero attached hydrogens (tertiary/aromatic N) is 4. The van der Waals surface area contributed by atoms with Crippen LogP contribution in [-0.4, -0.2) is 62.6 Å². The number of phenolic OH excluding ortho intramolecular Hbond substituents is 1. The maximum atomic E-state index is 15.3. The lowest BCUT2D eigenvalue weighted by atomic mass is 9.56. The van der Waals surface area contributed by atoms with Crippen molar-refractivity contribution in [3.05, 3.63) is 87.3 Å². The fraction of sp³-hybridized carbons (Fsp3) is 0.324. The normalized spacial score (nSPS) is 27.6. The summed E-state index contributed by atoms with van der Waals surface area (Å²) in [6.07, 6.45) is -4.75. The lowest BCUT2D eigenvalue weighted by Gasteiger charge is -2.50. The fourth-order valence-electron chi connectivity index (χ4n) is 8.00. The van der Waals surface area contributed by atoms with Crippen molar-refractivity contribution < 1.29 is 64.1 Å². The van der Waals surface area contributed by atoms with E-state index < -0.39 is 122 Å². The lowest BCUT2D eigenvalue weighted by Crippen LogP contribution is -2.60. The molecule has 2 aliphatic carbocycles. The highest BCUT2D eigenvalue weighted by atomic mass is 35.5. The number of phenols is 1. The summed E-state index contributed by atoms with van der Waals surface area (Å²) in [6.45, 7) is 0. The average molecular weight is 840 g/mol. The van der Waals surface area contributed by atoms with Crippen molar-refractivity contribution in [1.82, 2.24) is 9.99 Å². The first-order valence-corrected chi connectivity index (χ1v) is 17.0. The van der Waals surface area contributed by atoms with Crippen LogP contribution in [0.3, 0.4) is 0 Å². The van der Waals surface area contributed by atoms with Crippen LogP contribution in [-0.2, 0) is 25.4 Å². The second-order valence-corrected chi connectivity index (χ2v) is 14.8. The van der Waals surface area contributed by atoms with E-state index in [1.165, 1.54) is 25.3 Å². The van der Waals surface area contributed by atoms with Crippen LogP contribution in [0.2, 0.25) is 5.02 Å². The summed E-state index contributed by atoms with van der Waals surface area (Å²) in [5.74, 6) is -25.5. The van der Waals surface area contributed by atoms with Crippen molar-refractivity contribution in [3.63, 3.8) is 0 Å². The molecule has 55 heavy (non-hydrogen) atoms. The smallest absolute Gasteiger partial charge is 0.433 e. The van der Waals surface area contributed by atoms with Crippen molar-refractivity contribution in [1.29, 1.82) is 0 Å². The molecule has 0 radical (unpaired) electrons. The van der Waals surface area contributed by atoms with E-state index in [1.807, 2.05) is 0 Å². The number of methoxy groups -OCH3 is 1. The van der Waals surface area contributed by atoms with Crippen molar-refractivity contribution in [2.45, 2.75) is 34.7 Å². The zero-order valence-corrected chi connectivity index (χ0v) is 29.9. The van der Waals surface area contributed by atoms with Gasteiger partial charge in [0.15, 0.2) is 38.8 Å². The molecule has 290 valence electrons. The van der Waals surface area contributed by atoms with Crippen LogP contribution in [0.5, 0.6) is 11.5 Å². The number of pyridine rings is 1. The van der Waals surface area contributed by atoms with Gasteiger partial charge in [-0.15, -0.1) is 23.2 Å². The van der Waals surface area contributed by atoms with E-state index in [2.05, 4.69) is 4.98 Å². The van der Waals surface area contributed by atoms with Crippen molar-refractivity contribution in [3.8, 4) is 11.5 Å². The van der Waals surface area contributed by atoms with Gasteiger partial charge in [0.1, 0.15) is 22.9 Å².